The molecule has 4 aromatic rings. The van der Waals surface area contributed by atoms with E-state index in [1.165, 1.54) is 4.90 Å². The number of aromatic nitrogens is 1. The summed E-state index contributed by atoms with van der Waals surface area (Å²) in [6.45, 7) is 0.347. The third kappa shape index (κ3) is 9.36. The number of rotatable bonds is 15. The Morgan fingerprint density at radius 2 is 1.72 bits per heavy atom. The summed E-state index contributed by atoms with van der Waals surface area (Å²) in [5, 5.41) is 8.66. The van der Waals surface area contributed by atoms with E-state index in [1.54, 1.807) is 18.2 Å². The fourth-order valence-corrected chi connectivity index (χ4v) is 8.32. The molecule has 1 aliphatic carbocycles. The van der Waals surface area contributed by atoms with Crippen molar-refractivity contribution in [2.24, 2.45) is 5.73 Å². The second kappa shape index (κ2) is 17.7. The van der Waals surface area contributed by atoms with Crippen molar-refractivity contribution in [2.75, 3.05) is 18.5 Å². The Kier molecular flexibility index (Phi) is 12.5. The van der Waals surface area contributed by atoms with Crippen LogP contribution in [-0.2, 0) is 25.7 Å². The number of unbranched alkanes of at least 4 members (excludes halogenated alkanes) is 3. The number of nitrogens with zero attached hydrogens (tertiary/aromatic N) is 2. The number of anilines is 1. The van der Waals surface area contributed by atoms with Crippen LogP contribution in [0.15, 0.2) is 66.9 Å². The van der Waals surface area contributed by atoms with Crippen molar-refractivity contribution >= 4 is 58.8 Å². The topological polar surface area (TPSA) is 165 Å². The van der Waals surface area contributed by atoms with Gasteiger partial charge in [0.1, 0.15) is 11.8 Å². The molecule has 3 aromatic carbocycles. The number of benzene rings is 3. The van der Waals surface area contributed by atoms with Gasteiger partial charge in [-0.25, -0.2) is 8.78 Å². The average molecular weight is 815 g/mol. The Balaban J connectivity index is 0.858. The summed E-state index contributed by atoms with van der Waals surface area (Å²) >= 11 is 4.39. The number of imide groups is 1. The van der Waals surface area contributed by atoms with E-state index in [9.17, 15) is 32.8 Å². The molecule has 0 spiro atoms. The minimum Gasteiger partial charge on any atom is -0.483 e. The van der Waals surface area contributed by atoms with Gasteiger partial charge in [0, 0.05) is 72.2 Å². The molecule has 58 heavy (non-hydrogen) atoms. The zero-order chi connectivity index (χ0) is 41.0. The lowest BCUT2D eigenvalue weighted by atomic mass is 9.92. The molecule has 1 aromatic heterocycles. The molecule has 15 heteroatoms. The number of piperidine rings is 1. The molecule has 7 rings (SSSR count). The van der Waals surface area contributed by atoms with E-state index in [0.717, 1.165) is 46.9 Å². The fraction of sp³-hybridized carbons (Fsp3) is 0.419. The highest BCUT2D eigenvalue weighted by atomic mass is 32.1. The first kappa shape index (κ1) is 40.9. The summed E-state index contributed by atoms with van der Waals surface area (Å²) in [5.74, 6) is -3.85. The third-order valence-corrected chi connectivity index (χ3v) is 11.6. The Labute approximate surface area is 340 Å². The molecule has 12 nitrogen and oxygen atoms in total. The lowest BCUT2D eigenvalue weighted by Gasteiger charge is -2.29. The van der Waals surface area contributed by atoms with Gasteiger partial charge in [0.05, 0.1) is 17.4 Å². The highest BCUT2D eigenvalue weighted by Gasteiger charge is 2.40. The summed E-state index contributed by atoms with van der Waals surface area (Å²) in [4.78, 5) is 64.0. The molecular formula is C43H48F2N6O6S. The van der Waals surface area contributed by atoms with Gasteiger partial charge < -0.3 is 30.6 Å². The molecule has 0 radical (unpaired) electrons. The van der Waals surface area contributed by atoms with Crippen LogP contribution in [0.5, 0.6) is 5.75 Å². The maximum absolute atomic E-state index is 14.1. The smallest absolute Gasteiger partial charge is 0.257 e. The predicted octanol–water partition coefficient (Wildman–Crippen LogP) is 6.79. The highest BCUT2D eigenvalue weighted by Crippen LogP contribution is 2.43. The van der Waals surface area contributed by atoms with Crippen LogP contribution in [0.3, 0.4) is 0 Å². The Morgan fingerprint density at radius 1 is 0.948 bits per heavy atom. The van der Waals surface area contributed by atoms with Crippen LogP contribution in [0.2, 0.25) is 0 Å². The SMILES string of the molecule is NC(S)c1cccc(-c2cn(C3CCC(F)(F)CC3)c3cc(NC(=O)CCCCCCNC(=O)COc4cccc5c4CN(C4CCC(=O)NC4=O)C5=O)ccc23)c1. The van der Waals surface area contributed by atoms with Gasteiger partial charge in [0.15, 0.2) is 6.61 Å². The molecule has 3 heterocycles. The second-order valence-electron chi connectivity index (χ2n) is 15.4. The van der Waals surface area contributed by atoms with E-state index >= 15 is 0 Å². The van der Waals surface area contributed by atoms with Crippen LogP contribution < -0.4 is 26.4 Å². The van der Waals surface area contributed by atoms with Crippen molar-refractivity contribution in [3.8, 4) is 16.9 Å². The fourth-order valence-electron chi connectivity index (χ4n) is 8.16. The van der Waals surface area contributed by atoms with E-state index in [0.29, 0.717) is 54.8 Å². The number of amides is 5. The molecule has 2 aliphatic heterocycles. The molecule has 1 saturated carbocycles. The Hall–Kier alpha value is -5.28. The molecule has 2 fully saturated rings. The van der Waals surface area contributed by atoms with E-state index < -0.39 is 23.2 Å². The van der Waals surface area contributed by atoms with Gasteiger partial charge in [-0.1, -0.05) is 43.2 Å². The summed E-state index contributed by atoms with van der Waals surface area (Å²) in [7, 11) is 0. The lowest BCUT2D eigenvalue weighted by Crippen LogP contribution is -2.52. The normalized spacial score (nSPS) is 18.5. The number of hydrogen-bond acceptors (Lipinski definition) is 8. The van der Waals surface area contributed by atoms with E-state index in [-0.39, 0.29) is 68.5 Å². The van der Waals surface area contributed by atoms with Crippen molar-refractivity contribution in [1.82, 2.24) is 20.1 Å². The zero-order valence-corrected chi connectivity index (χ0v) is 33.0. The van der Waals surface area contributed by atoms with E-state index in [4.69, 9.17) is 10.5 Å². The monoisotopic (exact) mass is 814 g/mol. The molecule has 306 valence electrons. The van der Waals surface area contributed by atoms with Crippen molar-refractivity contribution in [2.45, 2.75) is 101 Å². The minimum absolute atomic E-state index is 0.0918. The number of carbonyl (C=O) groups is 5. The first-order valence-electron chi connectivity index (χ1n) is 19.9. The van der Waals surface area contributed by atoms with E-state index in [2.05, 4.69) is 33.1 Å². The standard InChI is InChI=1S/C43H48F2N6O6S/c44-43(45)18-16-29(17-19-43)50-23-32(26-7-5-8-27(21-26)40(46)58)30-13-12-28(22-35(30)50)48-37(52)11-3-1-2-4-20-47-39(54)25-57-36-10-6-9-31-33(36)24-51(42(31)56)34-14-15-38(53)49-41(34)55/h5-10,12-13,21-23,29,34,40,58H,1-4,11,14-20,24-25,46H2,(H,47,54)(H,48,52)(H,49,53,55). The zero-order valence-electron chi connectivity index (χ0n) is 32.1. The van der Waals surface area contributed by atoms with Crippen LogP contribution in [0.4, 0.5) is 14.5 Å². The van der Waals surface area contributed by atoms with Crippen LogP contribution in [-0.4, -0.2) is 64.1 Å². The lowest BCUT2D eigenvalue weighted by molar-refractivity contribution is -0.137. The average Bonchev–Trinajstić information content (AvgIpc) is 3.74. The maximum atomic E-state index is 14.1. The van der Waals surface area contributed by atoms with Crippen molar-refractivity contribution < 1.29 is 37.5 Å². The quantitative estimate of drug-likeness (QED) is 0.0382. The van der Waals surface area contributed by atoms with Crippen LogP contribution in [0, 0.1) is 0 Å². The molecule has 0 bridgehead atoms. The van der Waals surface area contributed by atoms with Gasteiger partial charge in [0.25, 0.3) is 11.8 Å². The molecular weight excluding hydrogens is 767 g/mol. The van der Waals surface area contributed by atoms with Crippen LogP contribution >= 0.6 is 12.6 Å². The summed E-state index contributed by atoms with van der Waals surface area (Å²) in [6, 6.07) is 17.8. The van der Waals surface area contributed by atoms with Gasteiger partial charge >= 0.3 is 0 Å². The van der Waals surface area contributed by atoms with Crippen LogP contribution in [0.1, 0.15) is 104 Å². The number of nitrogens with two attached hydrogens (primary N) is 1. The number of nitrogens with one attached hydrogen (secondary N) is 3. The third-order valence-electron chi connectivity index (χ3n) is 11.3. The molecule has 1 saturated heterocycles. The van der Waals surface area contributed by atoms with Crippen LogP contribution in [0.25, 0.3) is 22.0 Å². The Bertz CT molecular complexity index is 2220. The van der Waals surface area contributed by atoms with Gasteiger partial charge in [-0.2, -0.15) is 12.6 Å². The summed E-state index contributed by atoms with van der Waals surface area (Å²) < 4.78 is 36.1. The molecule has 2 unspecified atom stereocenters. The number of ether oxygens (including phenoxy) is 1. The number of alkyl halides is 2. The van der Waals surface area contributed by atoms with E-state index in [1.807, 2.05) is 48.7 Å². The van der Waals surface area contributed by atoms with Crippen molar-refractivity contribution in [1.29, 1.82) is 0 Å². The summed E-state index contributed by atoms with van der Waals surface area (Å²) in [5.41, 5.74) is 11.3. The number of halogens is 2. The number of thiol groups is 1. The summed E-state index contributed by atoms with van der Waals surface area (Å²) in [6.07, 6.45) is 6.14. The number of fused-ring (bicyclic) bond motifs is 2. The van der Waals surface area contributed by atoms with Gasteiger partial charge in [0.2, 0.25) is 23.6 Å². The largest absolute Gasteiger partial charge is 0.483 e. The molecule has 3 aliphatic rings. The first-order chi connectivity index (χ1) is 27.9. The van der Waals surface area contributed by atoms with Crippen molar-refractivity contribution in [3.05, 3.63) is 83.6 Å². The minimum atomic E-state index is -2.65. The Morgan fingerprint density at radius 3 is 2.50 bits per heavy atom. The van der Waals surface area contributed by atoms with Crippen molar-refractivity contribution in [3.63, 3.8) is 0 Å². The number of hydrogen-bond donors (Lipinski definition) is 5. The molecule has 2 atom stereocenters. The molecule has 5 amide bonds. The van der Waals surface area contributed by atoms with Gasteiger partial charge in [-0.3, -0.25) is 29.3 Å². The van der Waals surface area contributed by atoms with Gasteiger partial charge in [-0.05, 0) is 73.6 Å². The highest BCUT2D eigenvalue weighted by molar-refractivity contribution is 7.80. The molecule has 5 N–H and O–H groups in total. The maximum Gasteiger partial charge on any atom is 0.257 e. The van der Waals surface area contributed by atoms with Gasteiger partial charge in [-0.15, -0.1) is 0 Å². The second-order valence-corrected chi connectivity index (χ2v) is 15.9. The predicted molar refractivity (Wildman–Crippen MR) is 218 cm³/mol. The first-order valence-corrected chi connectivity index (χ1v) is 20.4. The number of carbonyl (C=O) groups excluding carboxylic acids is 5.